The van der Waals surface area contributed by atoms with Crippen LogP contribution in [-0.2, 0) is 39.8 Å². The zero-order valence-electron chi connectivity index (χ0n) is 14.3. The third kappa shape index (κ3) is 3.56. The first-order valence-electron chi connectivity index (χ1n) is 7.97. The van der Waals surface area contributed by atoms with E-state index in [0.29, 0.717) is 0 Å². The molecule has 0 aliphatic heterocycles. The molecule has 0 saturated carbocycles. The number of benzene rings is 3. The van der Waals surface area contributed by atoms with Crippen LogP contribution in [0.2, 0.25) is 0 Å². The molecule has 3 aromatic carbocycles. The number of nitrogens with zero attached hydrogens (tertiary/aromatic N) is 2. The van der Waals surface area contributed by atoms with Crippen molar-refractivity contribution >= 4 is 10.8 Å². The average molecular weight is 398 g/mol. The molecule has 0 unspecified atom stereocenters. The van der Waals surface area contributed by atoms with Crippen molar-refractivity contribution in [2.45, 2.75) is 6.92 Å². The first-order valence-corrected chi connectivity index (χ1v) is 7.97. The fraction of sp³-hybridized carbons (Fsp3) is 0.0909. The standard InChI is InChI=1S/C22H17N2.Y/c1-16-7-8-20(14-21(16)22-11-12-23-15-24(22)2)19-10-9-17-5-3-4-6-18(17)13-19;/h3-12,15H,1-2H3;/q-1;. The maximum Gasteiger partial charge on any atom is 0.279 e. The van der Waals surface area contributed by atoms with Crippen molar-refractivity contribution in [3.63, 3.8) is 0 Å². The van der Waals surface area contributed by atoms with Crippen LogP contribution in [0.1, 0.15) is 5.56 Å². The van der Waals surface area contributed by atoms with Crippen molar-refractivity contribution in [3.05, 3.63) is 84.8 Å². The zero-order valence-corrected chi connectivity index (χ0v) is 17.2. The number of hydrogen-bond acceptors (Lipinski definition) is 1. The molecule has 1 heterocycles. The van der Waals surface area contributed by atoms with E-state index in [-0.39, 0.29) is 32.7 Å². The molecule has 0 spiro atoms. The fourth-order valence-electron chi connectivity index (χ4n) is 2.95. The minimum atomic E-state index is 0. The molecule has 0 atom stereocenters. The van der Waals surface area contributed by atoms with Crippen molar-refractivity contribution in [2.75, 3.05) is 0 Å². The minimum absolute atomic E-state index is 0. The molecule has 3 heteroatoms. The van der Waals surface area contributed by atoms with Crippen molar-refractivity contribution in [1.29, 1.82) is 0 Å². The number of hydrogen-bond donors (Lipinski definition) is 0. The van der Waals surface area contributed by atoms with Gasteiger partial charge in [-0.25, -0.2) is 0 Å². The first-order chi connectivity index (χ1) is 11.7. The maximum absolute atomic E-state index is 4.16. The number of aryl methyl sites for hydroxylation is 2. The van der Waals surface area contributed by atoms with E-state index in [4.69, 9.17) is 0 Å². The molecule has 0 aliphatic rings. The SMILES string of the molecule is Cc1ccc(-c2[c-]c3ccccc3cc2)[c-]c1-c1ccnc[n+]1C.[Y]. The molecule has 1 radical (unpaired) electrons. The predicted octanol–water partition coefficient (Wildman–Crippen LogP) is 4.30. The van der Waals surface area contributed by atoms with E-state index in [1.807, 2.05) is 36.3 Å². The molecule has 119 valence electrons. The van der Waals surface area contributed by atoms with Crippen LogP contribution in [0.3, 0.4) is 0 Å². The van der Waals surface area contributed by atoms with Crippen LogP contribution < -0.4 is 4.57 Å². The number of rotatable bonds is 2. The van der Waals surface area contributed by atoms with E-state index in [0.717, 1.165) is 27.8 Å². The van der Waals surface area contributed by atoms with Crippen LogP contribution in [0, 0.1) is 19.1 Å². The Morgan fingerprint density at radius 3 is 2.48 bits per heavy atom. The Balaban J connectivity index is 0.00000182. The van der Waals surface area contributed by atoms with Crippen molar-refractivity contribution in [3.8, 4) is 22.4 Å². The third-order valence-corrected chi connectivity index (χ3v) is 4.30. The van der Waals surface area contributed by atoms with E-state index < -0.39 is 0 Å². The normalized spacial score (nSPS) is 10.5. The van der Waals surface area contributed by atoms with Gasteiger partial charge >= 0.3 is 0 Å². The number of aromatic nitrogens is 2. The Bertz CT molecular complexity index is 1040. The summed E-state index contributed by atoms with van der Waals surface area (Å²) in [5.74, 6) is 0. The van der Waals surface area contributed by atoms with Gasteiger partial charge in [-0.15, -0.1) is 29.1 Å². The molecule has 25 heavy (non-hydrogen) atoms. The molecule has 4 rings (SSSR count). The smallest absolute Gasteiger partial charge is 0.266 e. The summed E-state index contributed by atoms with van der Waals surface area (Å²) >= 11 is 0. The Kier molecular flexibility index (Phi) is 5.41. The van der Waals surface area contributed by atoms with Crippen LogP contribution in [0.4, 0.5) is 0 Å². The quantitative estimate of drug-likeness (QED) is 0.364. The van der Waals surface area contributed by atoms with E-state index in [1.54, 1.807) is 0 Å². The zero-order chi connectivity index (χ0) is 16.5. The fourth-order valence-corrected chi connectivity index (χ4v) is 2.95. The van der Waals surface area contributed by atoms with Crippen LogP contribution in [-0.4, -0.2) is 4.98 Å². The molecule has 0 amide bonds. The number of fused-ring (bicyclic) bond motifs is 1. The average Bonchev–Trinajstić information content (AvgIpc) is 2.62. The van der Waals surface area contributed by atoms with E-state index in [2.05, 4.69) is 66.5 Å². The molecule has 4 aromatic rings. The second kappa shape index (κ2) is 7.55. The van der Waals surface area contributed by atoms with E-state index in [9.17, 15) is 0 Å². The summed E-state index contributed by atoms with van der Waals surface area (Å²) in [6.07, 6.45) is 3.63. The van der Waals surface area contributed by atoms with Gasteiger partial charge in [0.2, 0.25) is 0 Å². The molecule has 0 N–H and O–H groups in total. The summed E-state index contributed by atoms with van der Waals surface area (Å²) in [7, 11) is 2.00. The summed E-state index contributed by atoms with van der Waals surface area (Å²) in [5.41, 5.74) is 5.51. The molecule has 2 nitrogen and oxygen atoms in total. The van der Waals surface area contributed by atoms with Crippen molar-refractivity contribution in [1.82, 2.24) is 4.98 Å². The summed E-state index contributed by atoms with van der Waals surface area (Å²) in [6, 6.07) is 25.9. The van der Waals surface area contributed by atoms with Gasteiger partial charge in [0.1, 0.15) is 6.20 Å². The summed E-state index contributed by atoms with van der Waals surface area (Å²) in [4.78, 5) is 4.16. The summed E-state index contributed by atoms with van der Waals surface area (Å²) in [6.45, 7) is 2.11. The van der Waals surface area contributed by atoms with Gasteiger partial charge in [0.25, 0.3) is 6.33 Å². The monoisotopic (exact) mass is 398 g/mol. The Morgan fingerprint density at radius 1 is 0.880 bits per heavy atom. The first kappa shape index (κ1) is 17.9. The Hall–Kier alpha value is -1.90. The van der Waals surface area contributed by atoms with Gasteiger partial charge in [0, 0.05) is 32.7 Å². The van der Waals surface area contributed by atoms with Gasteiger partial charge in [-0.1, -0.05) is 41.1 Å². The second-order valence-electron chi connectivity index (χ2n) is 5.97. The molecular weight excluding hydrogens is 381 g/mol. The maximum atomic E-state index is 4.16. The Labute approximate surface area is 173 Å². The molecular formula is C22H17N2Y-. The van der Waals surface area contributed by atoms with Gasteiger partial charge in [0.15, 0.2) is 0 Å². The third-order valence-electron chi connectivity index (χ3n) is 4.30. The molecule has 0 aliphatic carbocycles. The molecule has 0 fully saturated rings. The van der Waals surface area contributed by atoms with Crippen LogP contribution in [0.15, 0.2) is 67.1 Å². The summed E-state index contributed by atoms with van der Waals surface area (Å²) < 4.78 is 2.02. The van der Waals surface area contributed by atoms with Gasteiger partial charge in [0.05, 0.1) is 12.7 Å². The molecule has 1 aromatic heterocycles. The van der Waals surface area contributed by atoms with Crippen LogP contribution in [0.25, 0.3) is 33.2 Å². The Morgan fingerprint density at radius 2 is 1.64 bits per heavy atom. The van der Waals surface area contributed by atoms with Crippen molar-refractivity contribution < 1.29 is 37.3 Å². The topological polar surface area (TPSA) is 16.8 Å². The van der Waals surface area contributed by atoms with Gasteiger partial charge in [-0.3, -0.25) is 4.57 Å². The molecule has 0 bridgehead atoms. The van der Waals surface area contributed by atoms with E-state index in [1.165, 1.54) is 10.9 Å². The summed E-state index contributed by atoms with van der Waals surface area (Å²) in [5, 5.41) is 2.33. The van der Waals surface area contributed by atoms with Crippen LogP contribution in [0.5, 0.6) is 0 Å². The van der Waals surface area contributed by atoms with Crippen LogP contribution >= 0.6 is 0 Å². The second-order valence-corrected chi connectivity index (χ2v) is 5.97. The van der Waals surface area contributed by atoms with Gasteiger partial charge in [-0.05, 0) is 6.07 Å². The largest absolute Gasteiger partial charge is 0.279 e. The van der Waals surface area contributed by atoms with Gasteiger partial charge in [-0.2, -0.15) is 35.4 Å². The van der Waals surface area contributed by atoms with Gasteiger partial charge < -0.3 is 0 Å². The van der Waals surface area contributed by atoms with E-state index >= 15 is 0 Å². The minimum Gasteiger partial charge on any atom is -0.266 e. The molecule has 0 saturated heterocycles. The van der Waals surface area contributed by atoms with Crippen molar-refractivity contribution in [2.24, 2.45) is 7.05 Å². The predicted molar refractivity (Wildman–Crippen MR) is 96.2 cm³/mol.